The molecule has 0 aliphatic heterocycles. The van der Waals surface area contributed by atoms with Gasteiger partial charge < -0.3 is 5.32 Å². The van der Waals surface area contributed by atoms with Gasteiger partial charge in [0.1, 0.15) is 0 Å². The first-order valence-electron chi connectivity index (χ1n) is 6.14. The quantitative estimate of drug-likeness (QED) is 0.848. The van der Waals surface area contributed by atoms with Crippen LogP contribution >= 0.6 is 0 Å². The van der Waals surface area contributed by atoms with Gasteiger partial charge in [0.15, 0.2) is 0 Å². The molecule has 0 amide bonds. The van der Waals surface area contributed by atoms with Crippen LogP contribution in [-0.4, -0.2) is 17.2 Å². The second-order valence-corrected chi connectivity index (χ2v) is 4.29. The third kappa shape index (κ3) is 3.52. The molecule has 96 valence electrons. The summed E-state index contributed by atoms with van der Waals surface area (Å²) in [6.07, 6.45) is 3.96. The van der Waals surface area contributed by atoms with Crippen molar-refractivity contribution in [1.29, 1.82) is 0 Å². The number of likely N-dealkylation sites (N-methyl/N-ethyl adjacent to an activating group) is 1. The lowest BCUT2D eigenvalue weighted by Gasteiger charge is -2.01. The first kappa shape index (κ1) is 13.0. The number of aromatic nitrogens is 2. The van der Waals surface area contributed by atoms with Crippen molar-refractivity contribution in [1.82, 2.24) is 15.5 Å². The lowest BCUT2D eigenvalue weighted by Crippen LogP contribution is -2.00. The van der Waals surface area contributed by atoms with E-state index in [0.717, 1.165) is 28.2 Å². The van der Waals surface area contributed by atoms with Gasteiger partial charge in [-0.05, 0) is 30.7 Å². The van der Waals surface area contributed by atoms with Crippen molar-refractivity contribution in [3.05, 3.63) is 66.0 Å². The molecular weight excluding hydrogens is 234 g/mol. The van der Waals surface area contributed by atoms with Gasteiger partial charge in [0, 0.05) is 18.3 Å². The van der Waals surface area contributed by atoms with Crippen LogP contribution in [0.15, 0.2) is 54.8 Å². The van der Waals surface area contributed by atoms with E-state index >= 15 is 0 Å². The number of nitrogens with one attached hydrogen (secondary N) is 1. The second-order valence-electron chi connectivity index (χ2n) is 4.29. The molecule has 0 bridgehead atoms. The molecule has 0 atom stereocenters. The van der Waals surface area contributed by atoms with Crippen molar-refractivity contribution in [2.45, 2.75) is 6.92 Å². The molecule has 2 rings (SSSR count). The molecule has 1 aromatic heterocycles. The van der Waals surface area contributed by atoms with E-state index in [9.17, 15) is 0 Å². The second kappa shape index (κ2) is 5.96. The maximum atomic E-state index is 4.17. The van der Waals surface area contributed by atoms with Crippen molar-refractivity contribution in [2.75, 3.05) is 7.05 Å². The van der Waals surface area contributed by atoms with E-state index in [1.54, 1.807) is 0 Å². The summed E-state index contributed by atoms with van der Waals surface area (Å²) in [6, 6.07) is 12.1. The van der Waals surface area contributed by atoms with Crippen LogP contribution in [0.3, 0.4) is 0 Å². The fraction of sp³-hybridized carbons (Fsp3) is 0.125. The maximum Gasteiger partial charge on any atom is 0.0929 e. The monoisotopic (exact) mass is 251 g/mol. The Labute approximate surface area is 113 Å². The summed E-state index contributed by atoms with van der Waals surface area (Å²) < 4.78 is 0. The summed E-state index contributed by atoms with van der Waals surface area (Å²) >= 11 is 0. The van der Waals surface area contributed by atoms with Crippen LogP contribution in [0.4, 0.5) is 0 Å². The smallest absolute Gasteiger partial charge is 0.0929 e. The van der Waals surface area contributed by atoms with Gasteiger partial charge in [0.05, 0.1) is 11.4 Å². The standard InChI is InChI=1S/C16H17N3/c1-12(17-3)4-6-14-7-9-15(10-8-14)16-11-5-13(2)18-19-16/h4-11,17H,1H2,2-3H3/b6-4+. The number of rotatable bonds is 4. The molecule has 3 nitrogen and oxygen atoms in total. The maximum absolute atomic E-state index is 4.17. The Hall–Kier alpha value is -2.42. The highest BCUT2D eigenvalue weighted by molar-refractivity contribution is 5.62. The van der Waals surface area contributed by atoms with Crippen LogP contribution in [0.25, 0.3) is 17.3 Å². The van der Waals surface area contributed by atoms with Crippen LogP contribution in [-0.2, 0) is 0 Å². The summed E-state index contributed by atoms with van der Waals surface area (Å²) in [7, 11) is 1.85. The highest BCUT2D eigenvalue weighted by Gasteiger charge is 1.99. The molecule has 0 aliphatic carbocycles. The molecule has 2 aromatic rings. The minimum absolute atomic E-state index is 0.883. The van der Waals surface area contributed by atoms with Gasteiger partial charge in [-0.2, -0.15) is 10.2 Å². The summed E-state index contributed by atoms with van der Waals surface area (Å²) in [6.45, 7) is 5.78. The van der Waals surface area contributed by atoms with Crippen LogP contribution in [0.1, 0.15) is 11.3 Å². The van der Waals surface area contributed by atoms with Crippen molar-refractivity contribution in [3.8, 4) is 11.3 Å². The summed E-state index contributed by atoms with van der Waals surface area (Å²) in [5.74, 6) is 0. The van der Waals surface area contributed by atoms with Gasteiger partial charge >= 0.3 is 0 Å². The molecule has 0 unspecified atom stereocenters. The van der Waals surface area contributed by atoms with Crippen molar-refractivity contribution in [3.63, 3.8) is 0 Å². The molecule has 0 saturated carbocycles. The lowest BCUT2D eigenvalue weighted by atomic mass is 10.1. The summed E-state index contributed by atoms with van der Waals surface area (Å²) in [5.41, 5.74) is 4.89. The number of nitrogens with zero attached hydrogens (tertiary/aromatic N) is 2. The number of aryl methyl sites for hydroxylation is 1. The molecule has 3 heteroatoms. The highest BCUT2D eigenvalue weighted by Crippen LogP contribution is 2.17. The van der Waals surface area contributed by atoms with Crippen molar-refractivity contribution in [2.24, 2.45) is 0 Å². The molecule has 0 spiro atoms. The van der Waals surface area contributed by atoms with E-state index in [0.29, 0.717) is 0 Å². The minimum atomic E-state index is 0.883. The average Bonchev–Trinajstić information content (AvgIpc) is 2.46. The molecule has 0 fully saturated rings. The zero-order valence-electron chi connectivity index (χ0n) is 11.2. The zero-order valence-corrected chi connectivity index (χ0v) is 11.2. The van der Waals surface area contributed by atoms with Gasteiger partial charge in [-0.3, -0.25) is 0 Å². The van der Waals surface area contributed by atoms with Gasteiger partial charge in [-0.1, -0.05) is 36.9 Å². The molecule has 0 radical (unpaired) electrons. The van der Waals surface area contributed by atoms with Gasteiger partial charge in [0.2, 0.25) is 0 Å². The van der Waals surface area contributed by atoms with E-state index in [2.05, 4.69) is 34.2 Å². The third-order valence-electron chi connectivity index (χ3n) is 2.80. The first-order chi connectivity index (χ1) is 9.19. The predicted molar refractivity (Wildman–Crippen MR) is 79.4 cm³/mol. The summed E-state index contributed by atoms with van der Waals surface area (Å²) in [4.78, 5) is 0. The van der Waals surface area contributed by atoms with Crippen molar-refractivity contribution >= 4 is 6.08 Å². The Morgan fingerprint density at radius 1 is 1.11 bits per heavy atom. The van der Waals surface area contributed by atoms with E-state index in [4.69, 9.17) is 0 Å². The summed E-state index contributed by atoms with van der Waals surface area (Å²) in [5, 5.41) is 11.2. The fourth-order valence-electron chi connectivity index (χ4n) is 1.60. The number of allylic oxidation sites excluding steroid dienone is 1. The van der Waals surface area contributed by atoms with Gasteiger partial charge in [0.25, 0.3) is 0 Å². The molecule has 19 heavy (non-hydrogen) atoms. The van der Waals surface area contributed by atoms with E-state index < -0.39 is 0 Å². The van der Waals surface area contributed by atoms with E-state index in [-0.39, 0.29) is 0 Å². The van der Waals surface area contributed by atoms with Gasteiger partial charge in [-0.15, -0.1) is 0 Å². The van der Waals surface area contributed by atoms with Crippen LogP contribution in [0.5, 0.6) is 0 Å². The minimum Gasteiger partial charge on any atom is -0.389 e. The Kier molecular flexibility index (Phi) is 4.08. The third-order valence-corrected chi connectivity index (χ3v) is 2.80. The van der Waals surface area contributed by atoms with Crippen LogP contribution in [0, 0.1) is 6.92 Å². The van der Waals surface area contributed by atoms with E-state index in [1.165, 1.54) is 0 Å². The predicted octanol–water partition coefficient (Wildman–Crippen LogP) is 3.20. The molecular formula is C16H17N3. The normalized spacial score (nSPS) is 10.6. The molecule has 0 saturated heterocycles. The van der Waals surface area contributed by atoms with Crippen LogP contribution in [0.2, 0.25) is 0 Å². The number of hydrogen-bond donors (Lipinski definition) is 1. The molecule has 1 heterocycles. The van der Waals surface area contributed by atoms with Crippen LogP contribution < -0.4 is 5.32 Å². The SMILES string of the molecule is C=C(/C=C/c1ccc(-c2ccc(C)nn2)cc1)NC. The molecule has 1 aromatic carbocycles. The Bertz CT molecular complexity index is 580. The fourth-order valence-corrected chi connectivity index (χ4v) is 1.60. The topological polar surface area (TPSA) is 37.8 Å². The first-order valence-corrected chi connectivity index (χ1v) is 6.14. The Morgan fingerprint density at radius 3 is 2.42 bits per heavy atom. The largest absolute Gasteiger partial charge is 0.389 e. The lowest BCUT2D eigenvalue weighted by molar-refractivity contribution is 0.987. The average molecular weight is 251 g/mol. The Morgan fingerprint density at radius 2 is 1.84 bits per heavy atom. The number of benzene rings is 1. The molecule has 1 N–H and O–H groups in total. The number of hydrogen-bond acceptors (Lipinski definition) is 3. The Balaban J connectivity index is 2.16. The zero-order chi connectivity index (χ0) is 13.7. The highest BCUT2D eigenvalue weighted by atomic mass is 15.1. The van der Waals surface area contributed by atoms with Crippen molar-refractivity contribution < 1.29 is 0 Å². The van der Waals surface area contributed by atoms with Gasteiger partial charge in [-0.25, -0.2) is 0 Å². The van der Waals surface area contributed by atoms with E-state index in [1.807, 2.05) is 50.4 Å². The molecule has 0 aliphatic rings.